The van der Waals surface area contributed by atoms with E-state index < -0.39 is 0 Å². The zero-order chi connectivity index (χ0) is 12.3. The van der Waals surface area contributed by atoms with Gasteiger partial charge in [-0.05, 0) is 80.5 Å². The van der Waals surface area contributed by atoms with Crippen molar-refractivity contribution in [2.24, 2.45) is 29.1 Å². The van der Waals surface area contributed by atoms with E-state index in [9.17, 15) is 0 Å². The molecule has 4 rings (SSSR count). The quantitative estimate of drug-likeness (QED) is 0.505. The molecule has 0 heterocycles. The van der Waals surface area contributed by atoms with Gasteiger partial charge in [0.2, 0.25) is 0 Å². The molecule has 0 nitrogen and oxygen atoms in total. The third kappa shape index (κ3) is 1.44. The molecular formula is C18H28. The van der Waals surface area contributed by atoms with Crippen LogP contribution in [0.15, 0.2) is 11.1 Å². The average Bonchev–Trinajstić information content (AvgIpc) is 2.92. The predicted molar refractivity (Wildman–Crippen MR) is 76.3 cm³/mol. The van der Waals surface area contributed by atoms with Crippen LogP contribution in [0.1, 0.15) is 71.6 Å². The Morgan fingerprint density at radius 1 is 0.944 bits per heavy atom. The van der Waals surface area contributed by atoms with Gasteiger partial charge in [0.1, 0.15) is 0 Å². The zero-order valence-electron chi connectivity index (χ0n) is 12.2. The van der Waals surface area contributed by atoms with Crippen molar-refractivity contribution in [3.8, 4) is 0 Å². The van der Waals surface area contributed by atoms with Gasteiger partial charge in [-0.2, -0.15) is 0 Å². The van der Waals surface area contributed by atoms with Crippen molar-refractivity contribution in [1.82, 2.24) is 0 Å². The fourth-order valence-electron chi connectivity index (χ4n) is 6.29. The van der Waals surface area contributed by atoms with Crippen LogP contribution in [0.3, 0.4) is 0 Å². The second-order valence-electron chi connectivity index (χ2n) is 7.99. The Kier molecular flexibility index (Phi) is 2.48. The SMILES string of the molecule is CC1CCC2=C1CCC1C2CCC2(C)CCCC12. The van der Waals surface area contributed by atoms with Crippen molar-refractivity contribution in [2.45, 2.75) is 71.6 Å². The Hall–Kier alpha value is -0.260. The molecule has 0 radical (unpaired) electrons. The standard InChI is InChI=1S/C18H28/c1-12-5-6-14-13(12)7-8-16-15(14)9-11-18(2)10-3-4-17(16)18/h12,15-17H,3-11H2,1-2H3. The van der Waals surface area contributed by atoms with E-state index >= 15 is 0 Å². The van der Waals surface area contributed by atoms with Crippen molar-refractivity contribution < 1.29 is 0 Å². The molecule has 0 spiro atoms. The minimum absolute atomic E-state index is 0.740. The molecule has 5 unspecified atom stereocenters. The normalized spacial score (nSPS) is 51.0. The van der Waals surface area contributed by atoms with Crippen LogP contribution >= 0.6 is 0 Å². The molecule has 0 amide bonds. The van der Waals surface area contributed by atoms with E-state index in [0.717, 1.165) is 29.1 Å². The summed E-state index contributed by atoms with van der Waals surface area (Å²) in [5, 5.41) is 0. The van der Waals surface area contributed by atoms with Gasteiger partial charge in [-0.1, -0.05) is 31.4 Å². The van der Waals surface area contributed by atoms with Gasteiger partial charge in [0.25, 0.3) is 0 Å². The van der Waals surface area contributed by atoms with Crippen molar-refractivity contribution >= 4 is 0 Å². The van der Waals surface area contributed by atoms with Crippen LogP contribution in [0.4, 0.5) is 0 Å². The summed E-state index contributed by atoms with van der Waals surface area (Å²) in [7, 11) is 0. The maximum Gasteiger partial charge on any atom is -0.0169 e. The number of allylic oxidation sites excluding steroid dienone is 2. The molecule has 4 aliphatic carbocycles. The molecule has 2 fully saturated rings. The highest BCUT2D eigenvalue weighted by atomic mass is 14.6. The lowest BCUT2D eigenvalue weighted by Gasteiger charge is -2.49. The summed E-state index contributed by atoms with van der Waals surface area (Å²) in [5.41, 5.74) is 4.62. The van der Waals surface area contributed by atoms with Crippen LogP contribution in [0, 0.1) is 29.1 Å². The maximum absolute atomic E-state index is 2.61. The van der Waals surface area contributed by atoms with Gasteiger partial charge in [-0.15, -0.1) is 0 Å². The van der Waals surface area contributed by atoms with Crippen molar-refractivity contribution in [1.29, 1.82) is 0 Å². The molecule has 100 valence electrons. The molecule has 0 aromatic heterocycles. The van der Waals surface area contributed by atoms with Crippen molar-refractivity contribution in [2.75, 3.05) is 0 Å². The molecule has 0 aliphatic heterocycles. The van der Waals surface area contributed by atoms with Crippen molar-refractivity contribution in [3.05, 3.63) is 11.1 Å². The van der Waals surface area contributed by atoms with E-state index in [1.54, 1.807) is 6.42 Å². The van der Waals surface area contributed by atoms with Gasteiger partial charge in [-0.3, -0.25) is 0 Å². The summed E-state index contributed by atoms with van der Waals surface area (Å²) in [6, 6.07) is 0. The first-order valence-electron chi connectivity index (χ1n) is 8.41. The Labute approximate surface area is 112 Å². The fraction of sp³-hybridized carbons (Fsp3) is 0.889. The summed E-state index contributed by atoms with van der Waals surface area (Å²) in [4.78, 5) is 0. The largest absolute Gasteiger partial charge is 0.0679 e. The molecule has 0 N–H and O–H groups in total. The molecule has 0 bridgehead atoms. The smallest absolute Gasteiger partial charge is 0.0169 e. The number of fused-ring (bicyclic) bond motifs is 4. The summed E-state index contributed by atoms with van der Waals surface area (Å²) in [6.45, 7) is 5.09. The molecule has 5 atom stereocenters. The van der Waals surface area contributed by atoms with Crippen LogP contribution in [0.2, 0.25) is 0 Å². The Balaban J connectivity index is 1.67. The van der Waals surface area contributed by atoms with Crippen LogP contribution in [-0.4, -0.2) is 0 Å². The molecule has 0 heteroatoms. The monoisotopic (exact) mass is 244 g/mol. The second kappa shape index (κ2) is 3.87. The molecule has 0 saturated heterocycles. The van der Waals surface area contributed by atoms with Gasteiger partial charge in [-0.25, -0.2) is 0 Å². The van der Waals surface area contributed by atoms with Gasteiger partial charge in [0.15, 0.2) is 0 Å². The van der Waals surface area contributed by atoms with Crippen molar-refractivity contribution in [3.63, 3.8) is 0 Å². The third-order valence-electron chi connectivity index (χ3n) is 7.27. The van der Waals surface area contributed by atoms with Crippen LogP contribution in [0.25, 0.3) is 0 Å². The zero-order valence-corrected chi connectivity index (χ0v) is 12.2. The minimum Gasteiger partial charge on any atom is -0.0679 e. The first-order chi connectivity index (χ1) is 8.69. The highest BCUT2D eigenvalue weighted by molar-refractivity contribution is 5.29. The Bertz CT molecular complexity index is 391. The first-order valence-corrected chi connectivity index (χ1v) is 8.41. The molecule has 2 saturated carbocycles. The molecule has 4 aliphatic rings. The van der Waals surface area contributed by atoms with Crippen LogP contribution in [-0.2, 0) is 0 Å². The van der Waals surface area contributed by atoms with Gasteiger partial charge in [0.05, 0.1) is 0 Å². The van der Waals surface area contributed by atoms with Crippen LogP contribution in [0.5, 0.6) is 0 Å². The Morgan fingerprint density at radius 2 is 1.78 bits per heavy atom. The lowest BCUT2D eigenvalue weighted by molar-refractivity contribution is 0.0435. The molecule has 0 aromatic rings. The van der Waals surface area contributed by atoms with E-state index in [4.69, 9.17) is 0 Å². The molecule has 0 aromatic carbocycles. The second-order valence-corrected chi connectivity index (χ2v) is 7.99. The average molecular weight is 244 g/mol. The van der Waals surface area contributed by atoms with Crippen LogP contribution < -0.4 is 0 Å². The topological polar surface area (TPSA) is 0 Å². The van der Waals surface area contributed by atoms with E-state index in [0.29, 0.717) is 0 Å². The predicted octanol–water partition coefficient (Wildman–Crippen LogP) is 5.34. The minimum atomic E-state index is 0.740. The Morgan fingerprint density at radius 3 is 2.67 bits per heavy atom. The summed E-state index contributed by atoms with van der Waals surface area (Å²) in [6.07, 6.45) is 13.6. The number of hydrogen-bond donors (Lipinski definition) is 0. The lowest BCUT2D eigenvalue weighted by Crippen LogP contribution is -2.40. The van der Waals surface area contributed by atoms with E-state index in [2.05, 4.69) is 13.8 Å². The third-order valence-corrected chi connectivity index (χ3v) is 7.27. The molecular weight excluding hydrogens is 216 g/mol. The molecule has 18 heavy (non-hydrogen) atoms. The van der Waals surface area contributed by atoms with E-state index in [1.807, 2.05) is 11.1 Å². The van der Waals surface area contributed by atoms with E-state index in [1.165, 1.54) is 51.4 Å². The summed E-state index contributed by atoms with van der Waals surface area (Å²) in [5.74, 6) is 4.12. The highest BCUT2D eigenvalue weighted by Crippen LogP contribution is 2.61. The highest BCUT2D eigenvalue weighted by Gasteiger charge is 2.51. The first kappa shape index (κ1) is 11.6. The number of rotatable bonds is 0. The van der Waals surface area contributed by atoms with E-state index in [-0.39, 0.29) is 0 Å². The lowest BCUT2D eigenvalue weighted by atomic mass is 9.56. The van der Waals surface area contributed by atoms with Gasteiger partial charge >= 0.3 is 0 Å². The summed E-state index contributed by atoms with van der Waals surface area (Å²) >= 11 is 0. The fourth-order valence-corrected chi connectivity index (χ4v) is 6.29. The summed E-state index contributed by atoms with van der Waals surface area (Å²) < 4.78 is 0. The maximum atomic E-state index is 2.61. The van der Waals surface area contributed by atoms with Gasteiger partial charge < -0.3 is 0 Å². The number of hydrogen-bond acceptors (Lipinski definition) is 0. The van der Waals surface area contributed by atoms with Gasteiger partial charge in [0, 0.05) is 0 Å².